The molecule has 1 aromatic rings. The Balaban J connectivity index is 1.98. The van der Waals surface area contributed by atoms with Crippen molar-refractivity contribution in [2.24, 2.45) is 5.73 Å². The molecule has 0 saturated heterocycles. The molecule has 2 rings (SSSR count). The first-order valence-electron chi connectivity index (χ1n) is 7.55. The van der Waals surface area contributed by atoms with Crippen molar-refractivity contribution in [3.8, 4) is 0 Å². The predicted molar refractivity (Wildman–Crippen MR) is 86.7 cm³/mol. The summed E-state index contributed by atoms with van der Waals surface area (Å²) in [6, 6.07) is 7.85. The lowest BCUT2D eigenvalue weighted by molar-refractivity contribution is -0.125. The third-order valence-electron chi connectivity index (χ3n) is 4.25. The molecule has 120 valence electrons. The molecule has 2 amide bonds. The van der Waals surface area contributed by atoms with Gasteiger partial charge >= 0.3 is 0 Å². The van der Waals surface area contributed by atoms with Crippen LogP contribution in [-0.2, 0) is 15.0 Å². The molecule has 0 unspecified atom stereocenters. The average molecular weight is 324 g/mol. The van der Waals surface area contributed by atoms with E-state index in [4.69, 9.17) is 17.3 Å². The number of hydrogen-bond acceptors (Lipinski definition) is 3. The Morgan fingerprint density at radius 1 is 1.18 bits per heavy atom. The summed E-state index contributed by atoms with van der Waals surface area (Å²) in [7, 11) is 0. The number of halogens is 1. The number of carbonyl (C=O) groups excluding carboxylic acids is 2. The molecule has 6 heteroatoms. The van der Waals surface area contributed by atoms with Crippen molar-refractivity contribution in [3.05, 3.63) is 34.9 Å². The minimum absolute atomic E-state index is 0.0400. The lowest BCUT2D eigenvalue weighted by Gasteiger charge is -2.30. The van der Waals surface area contributed by atoms with Crippen molar-refractivity contribution in [2.45, 2.75) is 31.1 Å². The number of hydrogen-bond donors (Lipinski definition) is 3. The van der Waals surface area contributed by atoms with Gasteiger partial charge in [-0.1, -0.05) is 36.6 Å². The minimum Gasteiger partial charge on any atom is -0.354 e. The van der Waals surface area contributed by atoms with Crippen LogP contribution in [0.2, 0.25) is 5.02 Å². The van der Waals surface area contributed by atoms with Gasteiger partial charge in [0.15, 0.2) is 0 Å². The molecular weight excluding hydrogens is 302 g/mol. The van der Waals surface area contributed by atoms with Crippen LogP contribution in [0.25, 0.3) is 0 Å². The van der Waals surface area contributed by atoms with Gasteiger partial charge in [0.05, 0.1) is 13.1 Å². The van der Waals surface area contributed by atoms with Crippen LogP contribution in [0.1, 0.15) is 31.2 Å². The fraction of sp³-hybridized carbons (Fsp3) is 0.500. The molecule has 5 nitrogen and oxygen atoms in total. The summed E-state index contributed by atoms with van der Waals surface area (Å²) in [4.78, 5) is 22.9. The van der Waals surface area contributed by atoms with Crippen LogP contribution >= 0.6 is 11.6 Å². The smallest absolute Gasteiger partial charge is 0.239 e. The number of carbonyl (C=O) groups is 2. The highest BCUT2D eigenvalue weighted by Gasteiger charge is 2.35. The van der Waals surface area contributed by atoms with E-state index in [1.165, 1.54) is 5.56 Å². The van der Waals surface area contributed by atoms with E-state index in [0.29, 0.717) is 11.6 Å². The van der Waals surface area contributed by atoms with E-state index in [0.717, 1.165) is 25.7 Å². The molecule has 0 aliphatic heterocycles. The molecule has 0 spiro atoms. The number of nitrogens with two attached hydrogens (primary N) is 1. The maximum absolute atomic E-state index is 11.9. The van der Waals surface area contributed by atoms with Crippen molar-refractivity contribution >= 4 is 23.4 Å². The van der Waals surface area contributed by atoms with Crippen LogP contribution in [-0.4, -0.2) is 31.4 Å². The fourth-order valence-electron chi connectivity index (χ4n) is 3.02. The molecule has 4 N–H and O–H groups in total. The van der Waals surface area contributed by atoms with Gasteiger partial charge in [0.1, 0.15) is 0 Å². The van der Waals surface area contributed by atoms with E-state index < -0.39 is 0 Å². The second-order valence-corrected chi connectivity index (χ2v) is 6.19. The standard InChI is InChI=1S/C16H22ClN3O2/c17-13-5-3-4-12(8-13)16(6-1-2-7-16)11-20-15(22)10-19-14(21)9-18/h3-5,8H,1-2,6-7,9-11,18H2,(H,19,21)(H,20,22). The van der Waals surface area contributed by atoms with Crippen LogP contribution in [0.15, 0.2) is 24.3 Å². The van der Waals surface area contributed by atoms with Gasteiger partial charge in [-0.2, -0.15) is 0 Å². The number of amides is 2. The molecule has 0 bridgehead atoms. The normalized spacial score (nSPS) is 16.3. The maximum atomic E-state index is 11.9. The topological polar surface area (TPSA) is 84.2 Å². The zero-order valence-corrected chi connectivity index (χ0v) is 13.3. The Hall–Kier alpha value is -1.59. The Kier molecular flexibility index (Phi) is 5.80. The lowest BCUT2D eigenvalue weighted by Crippen LogP contribution is -2.44. The van der Waals surface area contributed by atoms with E-state index in [1.807, 2.05) is 18.2 Å². The van der Waals surface area contributed by atoms with Gasteiger partial charge in [-0.3, -0.25) is 9.59 Å². The molecule has 1 aromatic carbocycles. The van der Waals surface area contributed by atoms with Gasteiger partial charge in [0.25, 0.3) is 0 Å². The average Bonchev–Trinajstić information content (AvgIpc) is 3.00. The second-order valence-electron chi connectivity index (χ2n) is 5.76. The third kappa shape index (κ3) is 4.21. The van der Waals surface area contributed by atoms with Gasteiger partial charge in [0.2, 0.25) is 11.8 Å². The Morgan fingerprint density at radius 2 is 1.91 bits per heavy atom. The molecule has 0 atom stereocenters. The summed E-state index contributed by atoms with van der Waals surface area (Å²) in [6.07, 6.45) is 4.35. The van der Waals surface area contributed by atoms with Crippen molar-refractivity contribution in [1.29, 1.82) is 0 Å². The van der Waals surface area contributed by atoms with Crippen molar-refractivity contribution in [3.63, 3.8) is 0 Å². The Bertz CT molecular complexity index is 542. The summed E-state index contributed by atoms with van der Waals surface area (Å²) in [5, 5.41) is 6.11. The van der Waals surface area contributed by atoms with Crippen LogP contribution in [0, 0.1) is 0 Å². The van der Waals surface area contributed by atoms with E-state index in [-0.39, 0.29) is 30.3 Å². The van der Waals surface area contributed by atoms with Crippen LogP contribution in [0.5, 0.6) is 0 Å². The largest absolute Gasteiger partial charge is 0.354 e. The van der Waals surface area contributed by atoms with Gasteiger partial charge in [-0.15, -0.1) is 0 Å². The monoisotopic (exact) mass is 323 g/mol. The van der Waals surface area contributed by atoms with Crippen molar-refractivity contribution < 1.29 is 9.59 Å². The quantitative estimate of drug-likeness (QED) is 0.738. The zero-order chi connectivity index (χ0) is 16.0. The molecular formula is C16H22ClN3O2. The Morgan fingerprint density at radius 3 is 2.55 bits per heavy atom. The van der Waals surface area contributed by atoms with Gasteiger partial charge in [0, 0.05) is 17.0 Å². The maximum Gasteiger partial charge on any atom is 0.239 e. The van der Waals surface area contributed by atoms with E-state index in [1.54, 1.807) is 0 Å². The molecule has 0 heterocycles. The minimum atomic E-state index is -0.333. The molecule has 1 aliphatic rings. The fourth-order valence-corrected chi connectivity index (χ4v) is 3.21. The molecule has 1 saturated carbocycles. The van der Waals surface area contributed by atoms with Crippen LogP contribution in [0.4, 0.5) is 0 Å². The molecule has 1 fully saturated rings. The number of benzene rings is 1. The van der Waals surface area contributed by atoms with E-state index >= 15 is 0 Å². The summed E-state index contributed by atoms with van der Waals surface area (Å²) in [6.45, 7) is 0.409. The number of nitrogens with one attached hydrogen (secondary N) is 2. The first kappa shape index (κ1) is 16.8. The predicted octanol–water partition coefficient (Wildman–Crippen LogP) is 1.34. The second kappa shape index (κ2) is 7.61. The van der Waals surface area contributed by atoms with Crippen LogP contribution in [0.3, 0.4) is 0 Å². The van der Waals surface area contributed by atoms with Crippen LogP contribution < -0.4 is 16.4 Å². The summed E-state index contributed by atoms with van der Waals surface area (Å²) in [5.74, 6) is -0.532. The summed E-state index contributed by atoms with van der Waals surface area (Å²) >= 11 is 6.10. The van der Waals surface area contributed by atoms with Gasteiger partial charge < -0.3 is 16.4 Å². The lowest BCUT2D eigenvalue weighted by atomic mass is 9.79. The molecule has 22 heavy (non-hydrogen) atoms. The number of rotatable bonds is 6. The first-order valence-corrected chi connectivity index (χ1v) is 7.93. The van der Waals surface area contributed by atoms with Gasteiger partial charge in [-0.25, -0.2) is 0 Å². The molecule has 0 radical (unpaired) electrons. The summed E-state index contributed by atoms with van der Waals surface area (Å²) in [5.41, 5.74) is 6.30. The highest BCUT2D eigenvalue weighted by atomic mass is 35.5. The highest BCUT2D eigenvalue weighted by molar-refractivity contribution is 6.30. The van der Waals surface area contributed by atoms with Gasteiger partial charge in [-0.05, 0) is 30.5 Å². The van der Waals surface area contributed by atoms with E-state index in [9.17, 15) is 9.59 Å². The zero-order valence-electron chi connectivity index (χ0n) is 12.5. The summed E-state index contributed by atoms with van der Waals surface area (Å²) < 4.78 is 0. The highest BCUT2D eigenvalue weighted by Crippen LogP contribution is 2.41. The van der Waals surface area contributed by atoms with E-state index in [2.05, 4.69) is 16.7 Å². The molecule has 0 aromatic heterocycles. The SMILES string of the molecule is NCC(=O)NCC(=O)NCC1(c2cccc(Cl)c2)CCCC1. The molecule has 1 aliphatic carbocycles. The van der Waals surface area contributed by atoms with Crippen molar-refractivity contribution in [2.75, 3.05) is 19.6 Å². The Labute approximate surface area is 135 Å². The first-order chi connectivity index (χ1) is 10.6. The van der Waals surface area contributed by atoms with Crippen molar-refractivity contribution in [1.82, 2.24) is 10.6 Å². The third-order valence-corrected chi connectivity index (χ3v) is 4.49.